The Morgan fingerprint density at radius 2 is 2.00 bits per heavy atom. The molecule has 0 radical (unpaired) electrons. The van der Waals surface area contributed by atoms with Crippen molar-refractivity contribution in [3.05, 3.63) is 34.7 Å². The van der Waals surface area contributed by atoms with E-state index in [1.807, 2.05) is 0 Å². The second kappa shape index (κ2) is 7.78. The van der Waals surface area contributed by atoms with Crippen molar-refractivity contribution < 1.29 is 19.1 Å². The molecule has 9 nitrogen and oxygen atoms in total. The van der Waals surface area contributed by atoms with Crippen molar-refractivity contribution in [2.45, 2.75) is 30.3 Å². The highest BCUT2D eigenvalue weighted by Gasteiger charge is 2.39. The summed E-state index contributed by atoms with van der Waals surface area (Å²) in [5.74, 6) is 0.827. The Bertz CT molecular complexity index is 1030. The molecule has 29 heavy (non-hydrogen) atoms. The predicted octanol–water partition coefficient (Wildman–Crippen LogP) is 1.50. The molecule has 1 saturated carbocycles. The molecule has 0 saturated heterocycles. The van der Waals surface area contributed by atoms with Crippen molar-refractivity contribution in [3.63, 3.8) is 0 Å². The van der Waals surface area contributed by atoms with Gasteiger partial charge in [0.05, 0.1) is 31.1 Å². The molecule has 0 bridgehead atoms. The first kappa shape index (κ1) is 19.3. The van der Waals surface area contributed by atoms with Crippen LogP contribution in [-0.4, -0.2) is 47.6 Å². The predicted molar refractivity (Wildman–Crippen MR) is 108 cm³/mol. The summed E-state index contributed by atoms with van der Waals surface area (Å²) in [6, 6.07) is 5.05. The lowest BCUT2D eigenvalue weighted by Crippen LogP contribution is -2.43. The zero-order valence-electron chi connectivity index (χ0n) is 16.0. The number of anilines is 2. The van der Waals surface area contributed by atoms with Crippen LogP contribution in [0.4, 0.5) is 11.4 Å². The van der Waals surface area contributed by atoms with Gasteiger partial charge >= 0.3 is 0 Å². The van der Waals surface area contributed by atoms with Crippen LogP contribution in [0.3, 0.4) is 0 Å². The Morgan fingerprint density at radius 3 is 2.69 bits per heavy atom. The summed E-state index contributed by atoms with van der Waals surface area (Å²) >= 11 is 1.30. The number of benzene rings is 1. The maximum atomic E-state index is 13.0. The minimum absolute atomic E-state index is 0.0744. The number of fused-ring (bicyclic) bond motifs is 1. The minimum Gasteiger partial charge on any atom is -0.493 e. The van der Waals surface area contributed by atoms with Crippen LogP contribution >= 0.6 is 11.8 Å². The number of hydrogen-bond donors (Lipinski definition) is 1. The second-order valence-corrected chi connectivity index (χ2v) is 7.74. The Hall–Kier alpha value is -3.01. The minimum atomic E-state index is -0.433. The summed E-state index contributed by atoms with van der Waals surface area (Å²) in [7, 11) is 3.03. The van der Waals surface area contributed by atoms with E-state index in [1.54, 1.807) is 29.3 Å². The Kier molecular flexibility index (Phi) is 5.18. The molecule has 2 heterocycles. The molecule has 2 aliphatic rings. The molecular weight excluding hydrogens is 396 g/mol. The topological polar surface area (TPSA) is 103 Å². The lowest BCUT2D eigenvalue weighted by molar-refractivity contribution is -0.117. The molecule has 0 atom stereocenters. The fourth-order valence-electron chi connectivity index (χ4n) is 3.21. The van der Waals surface area contributed by atoms with Crippen LogP contribution < -0.4 is 25.2 Å². The Balaban J connectivity index is 1.55. The van der Waals surface area contributed by atoms with Crippen LogP contribution in [0.2, 0.25) is 0 Å². The van der Waals surface area contributed by atoms with Gasteiger partial charge < -0.3 is 19.7 Å². The molecule has 1 aromatic carbocycles. The van der Waals surface area contributed by atoms with Crippen LogP contribution in [-0.2, 0) is 16.1 Å². The Morgan fingerprint density at radius 1 is 1.24 bits per heavy atom. The molecule has 1 aliphatic heterocycles. The molecule has 152 valence electrons. The van der Waals surface area contributed by atoms with E-state index in [-0.39, 0.29) is 18.5 Å². The zero-order chi connectivity index (χ0) is 20.5. The average Bonchev–Trinajstić information content (AvgIpc) is 3.55. The number of amides is 2. The van der Waals surface area contributed by atoms with Crippen molar-refractivity contribution in [2.75, 3.05) is 30.2 Å². The monoisotopic (exact) mass is 416 g/mol. The molecule has 4 rings (SSSR count). The van der Waals surface area contributed by atoms with Crippen LogP contribution in [0.1, 0.15) is 12.8 Å². The number of nitrogens with zero attached hydrogens (tertiary/aromatic N) is 3. The zero-order valence-corrected chi connectivity index (χ0v) is 16.8. The largest absolute Gasteiger partial charge is 0.493 e. The van der Waals surface area contributed by atoms with Crippen molar-refractivity contribution in [3.8, 4) is 11.5 Å². The molecule has 0 spiro atoms. The normalized spacial score (nSPS) is 15.7. The number of carbonyl (C=O) groups is 2. The number of nitrogens with one attached hydrogen (secondary N) is 1. The van der Waals surface area contributed by atoms with Gasteiger partial charge in [0.25, 0.3) is 5.56 Å². The molecule has 1 N–H and O–H groups in total. The third-order valence-electron chi connectivity index (χ3n) is 4.72. The summed E-state index contributed by atoms with van der Waals surface area (Å²) in [4.78, 5) is 40.0. The number of aromatic nitrogens is 2. The highest BCUT2D eigenvalue weighted by atomic mass is 32.2. The van der Waals surface area contributed by atoms with Gasteiger partial charge in [-0.1, -0.05) is 0 Å². The number of hydrogen-bond acceptors (Lipinski definition) is 7. The molecule has 1 aliphatic carbocycles. The van der Waals surface area contributed by atoms with E-state index in [0.717, 1.165) is 17.5 Å². The van der Waals surface area contributed by atoms with Crippen molar-refractivity contribution in [2.24, 2.45) is 0 Å². The van der Waals surface area contributed by atoms with Gasteiger partial charge in [0.2, 0.25) is 11.8 Å². The molecule has 2 aromatic rings. The van der Waals surface area contributed by atoms with Gasteiger partial charge in [-0.15, -0.1) is 11.8 Å². The van der Waals surface area contributed by atoms with Gasteiger partial charge in [-0.3, -0.25) is 14.4 Å². The summed E-state index contributed by atoms with van der Waals surface area (Å²) in [5, 5.41) is 6.83. The molecule has 2 amide bonds. The van der Waals surface area contributed by atoms with Crippen molar-refractivity contribution >= 4 is 35.0 Å². The average molecular weight is 416 g/mol. The van der Waals surface area contributed by atoms with Gasteiger partial charge in [-0.05, 0) is 25.0 Å². The summed E-state index contributed by atoms with van der Waals surface area (Å²) < 4.78 is 11.5. The maximum absolute atomic E-state index is 13.0. The summed E-state index contributed by atoms with van der Waals surface area (Å²) in [6.07, 6.45) is 3.32. The first-order chi connectivity index (χ1) is 14.0. The Labute approximate surface area is 171 Å². The molecule has 1 aromatic heterocycles. The van der Waals surface area contributed by atoms with Crippen LogP contribution in [0.25, 0.3) is 0 Å². The van der Waals surface area contributed by atoms with Gasteiger partial charge in [0.15, 0.2) is 11.5 Å². The number of carbonyl (C=O) groups excluding carboxylic acids is 2. The second-order valence-electron chi connectivity index (χ2n) is 6.72. The molecule has 1 fully saturated rings. The number of methoxy groups -OCH3 is 2. The third-order valence-corrected chi connectivity index (χ3v) is 5.72. The van der Waals surface area contributed by atoms with Gasteiger partial charge in [-0.2, -0.15) is 5.10 Å². The van der Waals surface area contributed by atoms with Crippen molar-refractivity contribution in [1.82, 2.24) is 9.78 Å². The molecular formula is C19H20N4O5S. The smallest absolute Gasteiger partial charge is 0.292 e. The van der Waals surface area contributed by atoms with E-state index in [1.165, 1.54) is 26.0 Å². The first-order valence-electron chi connectivity index (χ1n) is 9.08. The van der Waals surface area contributed by atoms with Gasteiger partial charge in [-0.25, -0.2) is 4.68 Å². The third kappa shape index (κ3) is 3.80. The highest BCUT2D eigenvalue weighted by Crippen LogP contribution is 2.39. The summed E-state index contributed by atoms with van der Waals surface area (Å²) in [6.45, 7) is -0.266. The van der Waals surface area contributed by atoms with Crippen LogP contribution in [0.5, 0.6) is 11.5 Å². The van der Waals surface area contributed by atoms with Gasteiger partial charge in [0.1, 0.15) is 12.2 Å². The van der Waals surface area contributed by atoms with E-state index in [9.17, 15) is 14.4 Å². The number of ether oxygens (including phenoxy) is 2. The lowest BCUT2D eigenvalue weighted by Gasteiger charge is -2.28. The summed E-state index contributed by atoms with van der Waals surface area (Å²) in [5.41, 5.74) is 0.407. The van der Waals surface area contributed by atoms with E-state index in [0.29, 0.717) is 33.5 Å². The first-order valence-corrected chi connectivity index (χ1v) is 10.1. The fraction of sp³-hybridized carbons (Fsp3) is 0.368. The standard InChI is InChI=1S/C19H20N4O5S/c1-27-13-6-3-11(7-14(13)28-2)21-16(24)9-22-19(26)18-15(8-20-22)29-10-17(25)23(18)12-4-5-12/h3,6-8,12H,4-5,9-10H2,1-2H3,(H,21,24). The molecule has 10 heteroatoms. The molecule has 0 unspecified atom stereocenters. The van der Waals surface area contributed by atoms with E-state index in [4.69, 9.17) is 9.47 Å². The van der Waals surface area contributed by atoms with Crippen LogP contribution in [0.15, 0.2) is 34.1 Å². The SMILES string of the molecule is COc1ccc(NC(=O)Cn2ncc3c(c2=O)N(C2CC2)C(=O)CS3)cc1OC. The van der Waals surface area contributed by atoms with Gasteiger partial charge in [0, 0.05) is 17.8 Å². The van der Waals surface area contributed by atoms with Crippen LogP contribution in [0, 0.1) is 0 Å². The van der Waals surface area contributed by atoms with Crippen molar-refractivity contribution in [1.29, 1.82) is 0 Å². The van der Waals surface area contributed by atoms with E-state index >= 15 is 0 Å². The maximum Gasteiger partial charge on any atom is 0.292 e. The van der Waals surface area contributed by atoms with E-state index < -0.39 is 11.5 Å². The highest BCUT2D eigenvalue weighted by molar-refractivity contribution is 8.00. The quantitative estimate of drug-likeness (QED) is 0.761. The van der Waals surface area contributed by atoms with E-state index in [2.05, 4.69) is 10.4 Å². The number of rotatable bonds is 6. The number of thioether (sulfide) groups is 1. The lowest BCUT2D eigenvalue weighted by atomic mass is 10.2. The fourth-order valence-corrected chi connectivity index (χ4v) is 4.07.